The number of rotatable bonds is 9. The summed E-state index contributed by atoms with van der Waals surface area (Å²) < 4.78 is 10.2. The van der Waals surface area contributed by atoms with Gasteiger partial charge in [0.25, 0.3) is 5.91 Å². The van der Waals surface area contributed by atoms with Gasteiger partial charge in [0, 0.05) is 6.54 Å². The Bertz CT molecular complexity index is 799. The minimum Gasteiger partial charge on any atom is -0.481 e. The molecule has 0 saturated heterocycles. The number of anilines is 1. The lowest BCUT2D eigenvalue weighted by Crippen LogP contribution is -2.20. The average molecular weight is 401 g/mol. The van der Waals surface area contributed by atoms with Gasteiger partial charge < -0.3 is 9.47 Å². The van der Waals surface area contributed by atoms with Crippen molar-refractivity contribution < 1.29 is 24.0 Å². The number of nitrogens with one attached hydrogen (secondary N) is 2. The van der Waals surface area contributed by atoms with Gasteiger partial charge in [-0.3, -0.25) is 20.2 Å². The van der Waals surface area contributed by atoms with Crippen LogP contribution in [0.1, 0.15) is 10.4 Å². The van der Waals surface area contributed by atoms with Crippen molar-refractivity contribution in [3.05, 3.63) is 46.1 Å². The standard InChI is InChI=1S/C14H13ClN4O6S/c15-17-5-6-24-12(20)8-25-10-4-2-1-3-9(10)13(21)18-14-16-7-11(26-14)19(22)23/h1-4,7,17H,5-6,8H2,(H,16,18,21). The van der Waals surface area contributed by atoms with Crippen molar-refractivity contribution in [2.45, 2.75) is 0 Å². The number of aromatic nitrogens is 1. The zero-order valence-electron chi connectivity index (χ0n) is 13.1. The lowest BCUT2D eigenvalue weighted by molar-refractivity contribution is -0.380. The van der Waals surface area contributed by atoms with E-state index >= 15 is 0 Å². The molecule has 2 rings (SSSR count). The minimum atomic E-state index is -0.623. The van der Waals surface area contributed by atoms with Gasteiger partial charge in [0.1, 0.15) is 18.6 Å². The van der Waals surface area contributed by atoms with Gasteiger partial charge in [0.15, 0.2) is 11.7 Å². The first-order chi connectivity index (χ1) is 12.5. The Labute approximate surface area is 156 Å². The van der Waals surface area contributed by atoms with Crippen LogP contribution in [0.15, 0.2) is 30.5 Å². The van der Waals surface area contributed by atoms with Crippen LogP contribution in [0.2, 0.25) is 0 Å². The van der Waals surface area contributed by atoms with Crippen LogP contribution in [0.3, 0.4) is 0 Å². The van der Waals surface area contributed by atoms with E-state index in [2.05, 4.69) is 15.1 Å². The summed E-state index contributed by atoms with van der Waals surface area (Å²) in [6, 6.07) is 6.22. The fourth-order valence-corrected chi connectivity index (χ4v) is 2.44. The van der Waals surface area contributed by atoms with Crippen LogP contribution in [-0.2, 0) is 9.53 Å². The van der Waals surface area contributed by atoms with Crippen LogP contribution in [0.25, 0.3) is 0 Å². The molecule has 1 heterocycles. The second-order valence-corrected chi connectivity index (χ2v) is 5.88. The predicted octanol–water partition coefficient (Wildman–Crippen LogP) is 1.97. The quantitative estimate of drug-likeness (QED) is 0.214. The number of carbonyl (C=O) groups excluding carboxylic acids is 2. The monoisotopic (exact) mass is 400 g/mol. The van der Waals surface area contributed by atoms with E-state index in [-0.39, 0.29) is 34.6 Å². The highest BCUT2D eigenvalue weighted by Gasteiger charge is 2.17. The van der Waals surface area contributed by atoms with Crippen LogP contribution in [0.5, 0.6) is 5.75 Å². The summed E-state index contributed by atoms with van der Waals surface area (Å²) in [7, 11) is 0. The molecule has 0 radical (unpaired) electrons. The van der Waals surface area contributed by atoms with Gasteiger partial charge in [0.2, 0.25) is 0 Å². The molecule has 12 heteroatoms. The first kappa shape index (κ1) is 19.6. The Morgan fingerprint density at radius 2 is 2.12 bits per heavy atom. The third-order valence-electron chi connectivity index (χ3n) is 2.83. The molecule has 0 spiro atoms. The number of nitrogens with zero attached hydrogens (tertiary/aromatic N) is 2. The molecular formula is C14H13ClN4O6S. The molecule has 0 aliphatic heterocycles. The van der Waals surface area contributed by atoms with E-state index in [1.54, 1.807) is 12.1 Å². The van der Waals surface area contributed by atoms with Crippen molar-refractivity contribution in [2.75, 3.05) is 25.1 Å². The molecule has 138 valence electrons. The zero-order valence-corrected chi connectivity index (χ0v) is 14.7. The molecule has 1 aromatic carbocycles. The highest BCUT2D eigenvalue weighted by atomic mass is 35.5. The van der Waals surface area contributed by atoms with Crippen LogP contribution >= 0.6 is 23.1 Å². The second kappa shape index (κ2) is 9.65. The Morgan fingerprint density at radius 1 is 1.35 bits per heavy atom. The van der Waals surface area contributed by atoms with E-state index < -0.39 is 23.4 Å². The molecule has 0 aliphatic rings. The van der Waals surface area contributed by atoms with Gasteiger partial charge in [0.05, 0.1) is 10.5 Å². The van der Waals surface area contributed by atoms with E-state index in [4.69, 9.17) is 21.3 Å². The Morgan fingerprint density at radius 3 is 2.81 bits per heavy atom. The van der Waals surface area contributed by atoms with Crippen LogP contribution < -0.4 is 14.9 Å². The number of amides is 1. The maximum absolute atomic E-state index is 12.3. The number of esters is 1. The van der Waals surface area contributed by atoms with Crippen molar-refractivity contribution in [1.29, 1.82) is 0 Å². The van der Waals surface area contributed by atoms with Crippen molar-refractivity contribution in [3.8, 4) is 5.75 Å². The summed E-state index contributed by atoms with van der Waals surface area (Å²) >= 11 is 5.97. The maximum atomic E-state index is 12.3. The minimum absolute atomic E-state index is 0.0736. The lowest BCUT2D eigenvalue weighted by atomic mass is 10.2. The van der Waals surface area contributed by atoms with Gasteiger partial charge in [-0.25, -0.2) is 14.6 Å². The largest absolute Gasteiger partial charge is 0.481 e. The van der Waals surface area contributed by atoms with Gasteiger partial charge in [-0.05, 0) is 35.2 Å². The molecule has 1 amide bonds. The zero-order chi connectivity index (χ0) is 18.9. The molecule has 0 saturated carbocycles. The second-order valence-electron chi connectivity index (χ2n) is 4.60. The van der Waals surface area contributed by atoms with Gasteiger partial charge in [-0.2, -0.15) is 0 Å². The Hall–Kier alpha value is -2.76. The van der Waals surface area contributed by atoms with E-state index in [1.165, 1.54) is 12.1 Å². The number of halogens is 1. The number of benzene rings is 1. The van der Waals surface area contributed by atoms with Gasteiger partial charge >= 0.3 is 11.0 Å². The summed E-state index contributed by atoms with van der Waals surface area (Å²) in [5.41, 5.74) is 0.139. The van der Waals surface area contributed by atoms with Crippen LogP contribution in [0.4, 0.5) is 10.1 Å². The molecular weight excluding hydrogens is 388 g/mol. The topological polar surface area (TPSA) is 133 Å². The highest BCUT2D eigenvalue weighted by Crippen LogP contribution is 2.26. The SMILES string of the molecule is O=C(COc1ccccc1C(=O)Nc1ncc([N+](=O)[O-])s1)OCCNCl. The fourth-order valence-electron chi connectivity index (χ4n) is 1.73. The van der Waals surface area contributed by atoms with Crippen LogP contribution in [-0.4, -0.2) is 41.5 Å². The smallest absolute Gasteiger partial charge is 0.345 e. The number of nitro groups is 1. The molecule has 2 N–H and O–H groups in total. The van der Waals surface area contributed by atoms with E-state index in [9.17, 15) is 19.7 Å². The number of hydrogen-bond acceptors (Lipinski definition) is 9. The van der Waals surface area contributed by atoms with E-state index in [0.717, 1.165) is 17.5 Å². The third-order valence-corrected chi connectivity index (χ3v) is 3.88. The van der Waals surface area contributed by atoms with E-state index in [0.29, 0.717) is 0 Å². The molecule has 0 unspecified atom stereocenters. The Balaban J connectivity index is 1.99. The first-order valence-corrected chi connectivity index (χ1v) is 8.33. The van der Waals surface area contributed by atoms with Crippen molar-refractivity contribution in [2.24, 2.45) is 0 Å². The summed E-state index contributed by atoms with van der Waals surface area (Å²) in [5.74, 6) is -1.05. The first-order valence-electron chi connectivity index (χ1n) is 7.13. The Kier molecular flexibility index (Phi) is 7.26. The van der Waals surface area contributed by atoms with Gasteiger partial charge in [-0.1, -0.05) is 12.1 Å². The number of thiazole rings is 1. The maximum Gasteiger partial charge on any atom is 0.345 e. The van der Waals surface area contributed by atoms with Crippen molar-refractivity contribution in [3.63, 3.8) is 0 Å². The summed E-state index contributed by atoms with van der Waals surface area (Å²) in [5, 5.41) is 13.0. The number of hydrogen-bond donors (Lipinski definition) is 2. The van der Waals surface area contributed by atoms with E-state index in [1.807, 2.05) is 0 Å². The predicted molar refractivity (Wildman–Crippen MR) is 93.5 cm³/mol. The van der Waals surface area contributed by atoms with Crippen molar-refractivity contribution in [1.82, 2.24) is 9.82 Å². The summed E-state index contributed by atoms with van der Waals surface area (Å²) in [6.45, 7) is -0.0296. The summed E-state index contributed by atoms with van der Waals surface area (Å²) in [6.07, 6.45) is 1.05. The van der Waals surface area contributed by atoms with Gasteiger partial charge in [-0.15, -0.1) is 0 Å². The summed E-state index contributed by atoms with van der Waals surface area (Å²) in [4.78, 5) is 40.0. The average Bonchev–Trinajstić information content (AvgIpc) is 3.09. The molecule has 2 aromatic rings. The molecule has 0 bridgehead atoms. The molecule has 0 aliphatic carbocycles. The molecule has 0 atom stereocenters. The molecule has 0 fully saturated rings. The number of ether oxygens (including phenoxy) is 2. The highest BCUT2D eigenvalue weighted by molar-refractivity contribution is 7.18. The number of para-hydroxylation sites is 1. The fraction of sp³-hybridized carbons (Fsp3) is 0.214. The molecule has 1 aromatic heterocycles. The normalized spacial score (nSPS) is 10.2. The van der Waals surface area contributed by atoms with Crippen molar-refractivity contribution >= 4 is 45.1 Å². The third kappa shape index (κ3) is 5.65. The number of carbonyl (C=O) groups is 2. The van der Waals surface area contributed by atoms with Crippen LogP contribution in [0, 0.1) is 10.1 Å². The molecule has 26 heavy (non-hydrogen) atoms. The molecule has 10 nitrogen and oxygen atoms in total. The lowest BCUT2D eigenvalue weighted by Gasteiger charge is -2.10.